The SMILES string of the molecule is COc1cccc(N(C)c2cccc(Cl)c2C#N)c1. The van der Waals surface area contributed by atoms with Gasteiger partial charge in [0.25, 0.3) is 0 Å². The third-order valence-corrected chi connectivity index (χ3v) is 3.22. The second kappa shape index (κ2) is 5.64. The number of hydrogen-bond acceptors (Lipinski definition) is 3. The lowest BCUT2D eigenvalue weighted by Crippen LogP contribution is -2.11. The highest BCUT2D eigenvalue weighted by Crippen LogP contribution is 2.32. The molecule has 19 heavy (non-hydrogen) atoms. The van der Waals surface area contributed by atoms with E-state index in [-0.39, 0.29) is 0 Å². The lowest BCUT2D eigenvalue weighted by molar-refractivity contribution is 0.415. The van der Waals surface area contributed by atoms with Crippen LogP contribution in [0.25, 0.3) is 0 Å². The topological polar surface area (TPSA) is 36.3 Å². The van der Waals surface area contributed by atoms with Gasteiger partial charge in [-0.1, -0.05) is 23.7 Å². The second-order valence-corrected chi connectivity index (χ2v) is 4.41. The Hall–Kier alpha value is -2.18. The zero-order valence-electron chi connectivity index (χ0n) is 10.7. The van der Waals surface area contributed by atoms with Crippen molar-refractivity contribution in [1.82, 2.24) is 0 Å². The molecular weight excluding hydrogens is 260 g/mol. The molecule has 2 rings (SSSR count). The van der Waals surface area contributed by atoms with Crippen LogP contribution in [0.2, 0.25) is 5.02 Å². The van der Waals surface area contributed by atoms with Crippen LogP contribution in [-0.2, 0) is 0 Å². The summed E-state index contributed by atoms with van der Waals surface area (Å²) in [6, 6.07) is 15.2. The van der Waals surface area contributed by atoms with Gasteiger partial charge in [0.2, 0.25) is 0 Å². The molecule has 0 amide bonds. The Bertz CT molecular complexity index is 634. The van der Waals surface area contributed by atoms with E-state index in [4.69, 9.17) is 16.3 Å². The van der Waals surface area contributed by atoms with Gasteiger partial charge in [-0.3, -0.25) is 0 Å². The molecule has 0 aliphatic rings. The zero-order valence-corrected chi connectivity index (χ0v) is 11.5. The minimum Gasteiger partial charge on any atom is -0.497 e. The van der Waals surface area contributed by atoms with E-state index in [2.05, 4.69) is 6.07 Å². The summed E-state index contributed by atoms with van der Waals surface area (Å²) in [5.74, 6) is 0.768. The van der Waals surface area contributed by atoms with Crippen LogP contribution in [0.3, 0.4) is 0 Å². The first-order valence-electron chi connectivity index (χ1n) is 5.73. The van der Waals surface area contributed by atoms with Crippen LogP contribution in [0.1, 0.15) is 5.56 Å². The molecule has 0 N–H and O–H groups in total. The van der Waals surface area contributed by atoms with Crippen molar-refractivity contribution >= 4 is 23.0 Å². The van der Waals surface area contributed by atoms with Gasteiger partial charge in [0.1, 0.15) is 11.8 Å². The Labute approximate surface area is 117 Å². The van der Waals surface area contributed by atoms with Crippen molar-refractivity contribution < 1.29 is 4.74 Å². The maximum atomic E-state index is 9.21. The van der Waals surface area contributed by atoms with Crippen LogP contribution in [0, 0.1) is 11.3 Å². The molecule has 0 heterocycles. The lowest BCUT2D eigenvalue weighted by atomic mass is 10.1. The van der Waals surface area contributed by atoms with E-state index < -0.39 is 0 Å². The standard InChI is InChI=1S/C15H13ClN2O/c1-18(11-5-3-6-12(9-11)19-2)15-8-4-7-14(16)13(15)10-17/h3-9H,1-2H3. The molecule has 0 fully saturated rings. The van der Waals surface area contributed by atoms with Gasteiger partial charge in [-0.25, -0.2) is 0 Å². The minimum atomic E-state index is 0.453. The predicted molar refractivity (Wildman–Crippen MR) is 77.2 cm³/mol. The van der Waals surface area contributed by atoms with Crippen molar-refractivity contribution in [3.8, 4) is 11.8 Å². The monoisotopic (exact) mass is 272 g/mol. The normalized spacial score (nSPS) is 9.79. The van der Waals surface area contributed by atoms with Crippen molar-refractivity contribution in [1.29, 1.82) is 5.26 Å². The number of benzene rings is 2. The molecule has 2 aromatic carbocycles. The lowest BCUT2D eigenvalue weighted by Gasteiger charge is -2.21. The molecule has 0 unspecified atom stereocenters. The predicted octanol–water partition coefficient (Wildman–Crippen LogP) is 3.99. The van der Waals surface area contributed by atoms with Crippen molar-refractivity contribution in [2.45, 2.75) is 0 Å². The molecule has 4 heteroatoms. The number of hydrogen-bond donors (Lipinski definition) is 0. The molecule has 0 saturated heterocycles. The Morgan fingerprint density at radius 1 is 1.21 bits per heavy atom. The van der Waals surface area contributed by atoms with Gasteiger partial charge in [-0.2, -0.15) is 5.26 Å². The third-order valence-electron chi connectivity index (χ3n) is 2.91. The van der Waals surface area contributed by atoms with Crippen LogP contribution in [0.4, 0.5) is 11.4 Å². The fourth-order valence-electron chi connectivity index (χ4n) is 1.86. The summed E-state index contributed by atoms with van der Waals surface area (Å²) < 4.78 is 5.20. The number of methoxy groups -OCH3 is 1. The Balaban J connectivity index is 2.47. The number of halogens is 1. The van der Waals surface area contributed by atoms with Crippen LogP contribution in [0.15, 0.2) is 42.5 Å². The zero-order chi connectivity index (χ0) is 13.8. The summed E-state index contributed by atoms with van der Waals surface area (Å²) in [6.07, 6.45) is 0. The second-order valence-electron chi connectivity index (χ2n) is 4.01. The molecule has 0 saturated carbocycles. The van der Waals surface area contributed by atoms with Gasteiger partial charge in [0, 0.05) is 18.8 Å². The van der Waals surface area contributed by atoms with Crippen LogP contribution >= 0.6 is 11.6 Å². The van der Waals surface area contributed by atoms with E-state index >= 15 is 0 Å². The smallest absolute Gasteiger partial charge is 0.120 e. The van der Waals surface area contributed by atoms with E-state index in [1.165, 1.54) is 0 Å². The fraction of sp³-hybridized carbons (Fsp3) is 0.133. The molecule has 0 aliphatic heterocycles. The van der Waals surface area contributed by atoms with Crippen molar-refractivity contribution in [2.24, 2.45) is 0 Å². The van der Waals surface area contributed by atoms with Gasteiger partial charge in [-0.15, -0.1) is 0 Å². The van der Waals surface area contributed by atoms with Crippen molar-refractivity contribution in [3.05, 3.63) is 53.1 Å². The van der Waals surface area contributed by atoms with Gasteiger partial charge >= 0.3 is 0 Å². The summed E-state index contributed by atoms with van der Waals surface area (Å²) >= 11 is 6.05. The average Bonchev–Trinajstić information content (AvgIpc) is 2.46. The summed E-state index contributed by atoms with van der Waals surface area (Å²) in [7, 11) is 3.51. The highest BCUT2D eigenvalue weighted by molar-refractivity contribution is 6.32. The van der Waals surface area contributed by atoms with Gasteiger partial charge in [0.15, 0.2) is 0 Å². The molecule has 0 bridgehead atoms. The molecule has 3 nitrogen and oxygen atoms in total. The van der Waals surface area contributed by atoms with E-state index in [1.54, 1.807) is 13.2 Å². The average molecular weight is 273 g/mol. The van der Waals surface area contributed by atoms with Gasteiger partial charge < -0.3 is 9.64 Å². The first-order chi connectivity index (χ1) is 9.17. The van der Waals surface area contributed by atoms with Gasteiger partial charge in [0.05, 0.1) is 23.4 Å². The highest BCUT2D eigenvalue weighted by atomic mass is 35.5. The minimum absolute atomic E-state index is 0.453. The number of ether oxygens (including phenoxy) is 1. The molecular formula is C15H13ClN2O. The summed E-state index contributed by atoms with van der Waals surface area (Å²) in [5.41, 5.74) is 2.16. The number of rotatable bonds is 3. The highest BCUT2D eigenvalue weighted by Gasteiger charge is 2.12. The Morgan fingerprint density at radius 2 is 1.95 bits per heavy atom. The van der Waals surface area contributed by atoms with E-state index in [0.29, 0.717) is 10.6 Å². The fourth-order valence-corrected chi connectivity index (χ4v) is 2.07. The first-order valence-corrected chi connectivity index (χ1v) is 6.11. The van der Waals surface area contributed by atoms with Gasteiger partial charge in [-0.05, 0) is 24.3 Å². The quantitative estimate of drug-likeness (QED) is 0.848. The number of nitriles is 1. The van der Waals surface area contributed by atoms with Crippen molar-refractivity contribution in [2.75, 3.05) is 19.1 Å². The first kappa shape index (κ1) is 13.3. The Morgan fingerprint density at radius 3 is 2.63 bits per heavy atom. The summed E-state index contributed by atoms with van der Waals surface area (Å²) in [5, 5.41) is 9.66. The third kappa shape index (κ3) is 2.64. The summed E-state index contributed by atoms with van der Waals surface area (Å²) in [4.78, 5) is 1.91. The maximum Gasteiger partial charge on any atom is 0.120 e. The van der Waals surface area contributed by atoms with E-state index in [0.717, 1.165) is 17.1 Å². The summed E-state index contributed by atoms with van der Waals surface area (Å²) in [6.45, 7) is 0. The largest absolute Gasteiger partial charge is 0.497 e. The molecule has 2 aromatic rings. The molecule has 0 aromatic heterocycles. The van der Waals surface area contributed by atoms with Crippen LogP contribution in [0.5, 0.6) is 5.75 Å². The molecule has 0 spiro atoms. The number of nitrogens with zero attached hydrogens (tertiary/aromatic N) is 2. The van der Waals surface area contributed by atoms with E-state index in [1.807, 2.05) is 48.3 Å². The molecule has 96 valence electrons. The maximum absolute atomic E-state index is 9.21. The molecule has 0 aliphatic carbocycles. The van der Waals surface area contributed by atoms with E-state index in [9.17, 15) is 5.26 Å². The molecule has 0 radical (unpaired) electrons. The van der Waals surface area contributed by atoms with Crippen molar-refractivity contribution in [3.63, 3.8) is 0 Å². The van der Waals surface area contributed by atoms with Crippen LogP contribution < -0.4 is 9.64 Å². The Kier molecular flexibility index (Phi) is 3.94. The van der Waals surface area contributed by atoms with Crippen LogP contribution in [-0.4, -0.2) is 14.2 Å². The molecule has 0 atom stereocenters. The number of anilines is 2.